The quantitative estimate of drug-likeness (QED) is 0.771. The summed E-state index contributed by atoms with van der Waals surface area (Å²) in [5.41, 5.74) is 0.137. The maximum atomic E-state index is 12.8. The number of H-pyrrole nitrogens is 1. The molecule has 0 spiro atoms. The molecule has 1 atom stereocenters. The lowest BCUT2D eigenvalue weighted by atomic mass is 10.1. The number of carbonyl (C=O) groups excluding carboxylic acids is 1. The van der Waals surface area contributed by atoms with Crippen molar-refractivity contribution in [2.45, 2.75) is 13.0 Å². The highest BCUT2D eigenvalue weighted by atomic mass is 32.1. The Bertz CT molecular complexity index is 975. The highest BCUT2D eigenvalue weighted by Crippen LogP contribution is 2.23. The standard InChI is InChI=1S/C19H20N4O2S/c1-13(18-20-6-11-26-18)22-7-9-23(10-8-22)19(25)16-12-14-4-2-3-5-15(14)17(24)21-16/h2-6,11-13H,7-10H2,1H3,(H,21,24)/t13-/m0/s1. The molecule has 4 rings (SSSR count). The SMILES string of the molecule is C[C@@H](c1nccs1)N1CCN(C(=O)c2cc3ccccc3c(=O)[nH]2)CC1. The van der Waals surface area contributed by atoms with E-state index in [0.29, 0.717) is 24.2 Å². The first-order valence-corrected chi connectivity index (χ1v) is 9.56. The van der Waals surface area contributed by atoms with E-state index in [-0.39, 0.29) is 17.5 Å². The van der Waals surface area contributed by atoms with E-state index in [4.69, 9.17) is 0 Å². The number of benzene rings is 1. The Labute approximate surface area is 155 Å². The van der Waals surface area contributed by atoms with Gasteiger partial charge in [-0.15, -0.1) is 11.3 Å². The Morgan fingerprint density at radius 1 is 1.23 bits per heavy atom. The Morgan fingerprint density at radius 2 is 2.00 bits per heavy atom. The fourth-order valence-corrected chi connectivity index (χ4v) is 4.13. The van der Waals surface area contributed by atoms with Gasteiger partial charge in [-0.25, -0.2) is 4.98 Å². The number of pyridine rings is 1. The predicted molar refractivity (Wildman–Crippen MR) is 103 cm³/mol. The minimum Gasteiger partial charge on any atom is -0.335 e. The lowest BCUT2D eigenvalue weighted by molar-refractivity contribution is 0.0576. The number of nitrogens with one attached hydrogen (secondary N) is 1. The van der Waals surface area contributed by atoms with Gasteiger partial charge in [-0.2, -0.15) is 0 Å². The second-order valence-corrected chi connectivity index (χ2v) is 7.40. The first-order chi connectivity index (χ1) is 12.6. The number of nitrogens with zero attached hydrogens (tertiary/aromatic N) is 3. The molecule has 1 saturated heterocycles. The van der Waals surface area contributed by atoms with Gasteiger partial charge in [-0.05, 0) is 24.4 Å². The highest BCUT2D eigenvalue weighted by molar-refractivity contribution is 7.09. The van der Waals surface area contributed by atoms with Gasteiger partial charge in [0.25, 0.3) is 11.5 Å². The molecule has 0 unspecified atom stereocenters. The van der Waals surface area contributed by atoms with Gasteiger partial charge in [0.1, 0.15) is 10.7 Å². The third-order valence-corrected chi connectivity index (χ3v) is 5.89. The largest absolute Gasteiger partial charge is 0.335 e. The van der Waals surface area contributed by atoms with Crippen LogP contribution in [0.4, 0.5) is 0 Å². The minimum atomic E-state index is -0.220. The van der Waals surface area contributed by atoms with Crippen LogP contribution in [-0.2, 0) is 0 Å². The molecule has 134 valence electrons. The van der Waals surface area contributed by atoms with Crippen LogP contribution in [0, 0.1) is 0 Å². The second kappa shape index (κ2) is 7.01. The molecule has 1 fully saturated rings. The van der Waals surface area contributed by atoms with Crippen LogP contribution in [0.3, 0.4) is 0 Å². The van der Waals surface area contributed by atoms with Gasteiger partial charge in [0.2, 0.25) is 0 Å². The van der Waals surface area contributed by atoms with Crippen molar-refractivity contribution in [2.75, 3.05) is 26.2 Å². The van der Waals surface area contributed by atoms with E-state index in [2.05, 4.69) is 21.8 Å². The molecule has 1 aromatic carbocycles. The maximum Gasteiger partial charge on any atom is 0.270 e. The van der Waals surface area contributed by atoms with Crippen molar-refractivity contribution in [1.29, 1.82) is 0 Å². The van der Waals surface area contributed by atoms with Crippen molar-refractivity contribution in [2.24, 2.45) is 0 Å². The molecule has 0 bridgehead atoms. The van der Waals surface area contributed by atoms with Crippen molar-refractivity contribution in [1.82, 2.24) is 19.8 Å². The summed E-state index contributed by atoms with van der Waals surface area (Å²) in [6.07, 6.45) is 1.83. The first kappa shape index (κ1) is 16.9. The number of thiazole rings is 1. The molecule has 0 radical (unpaired) electrons. The van der Waals surface area contributed by atoms with Crippen LogP contribution in [0.2, 0.25) is 0 Å². The van der Waals surface area contributed by atoms with Crippen LogP contribution in [0.15, 0.2) is 46.7 Å². The number of rotatable bonds is 3. The van der Waals surface area contributed by atoms with Gasteiger partial charge in [-0.3, -0.25) is 14.5 Å². The lowest BCUT2D eigenvalue weighted by Gasteiger charge is -2.37. The van der Waals surface area contributed by atoms with Crippen molar-refractivity contribution in [3.63, 3.8) is 0 Å². The summed E-state index contributed by atoms with van der Waals surface area (Å²) in [5, 5.41) is 4.48. The molecule has 3 aromatic rings. The van der Waals surface area contributed by atoms with E-state index in [1.165, 1.54) is 0 Å². The molecule has 0 saturated carbocycles. The zero-order valence-corrected chi connectivity index (χ0v) is 15.3. The normalized spacial score (nSPS) is 16.7. The second-order valence-electron chi connectivity index (χ2n) is 6.47. The molecule has 1 amide bonds. The average Bonchev–Trinajstić information content (AvgIpc) is 3.22. The number of piperazine rings is 1. The summed E-state index contributed by atoms with van der Waals surface area (Å²) in [5.74, 6) is -0.116. The molecule has 26 heavy (non-hydrogen) atoms. The zero-order valence-electron chi connectivity index (χ0n) is 14.5. The third-order valence-electron chi connectivity index (χ3n) is 4.94. The Kier molecular flexibility index (Phi) is 4.57. The fraction of sp³-hybridized carbons (Fsp3) is 0.316. The van der Waals surface area contributed by atoms with E-state index in [1.54, 1.807) is 23.5 Å². The molecule has 2 aromatic heterocycles. The Morgan fingerprint density at radius 3 is 2.73 bits per heavy atom. The number of aromatic amines is 1. The van der Waals surface area contributed by atoms with Gasteiger partial charge in [-0.1, -0.05) is 18.2 Å². The van der Waals surface area contributed by atoms with Crippen molar-refractivity contribution < 1.29 is 4.79 Å². The van der Waals surface area contributed by atoms with E-state index in [0.717, 1.165) is 23.5 Å². The van der Waals surface area contributed by atoms with Crippen LogP contribution in [-0.4, -0.2) is 51.9 Å². The molecule has 3 heterocycles. The van der Waals surface area contributed by atoms with Gasteiger partial charge in [0.05, 0.1) is 6.04 Å². The Hall–Kier alpha value is -2.51. The van der Waals surface area contributed by atoms with Crippen LogP contribution in [0.5, 0.6) is 0 Å². The van der Waals surface area contributed by atoms with Crippen LogP contribution < -0.4 is 5.56 Å². The number of fused-ring (bicyclic) bond motifs is 1. The first-order valence-electron chi connectivity index (χ1n) is 8.68. The van der Waals surface area contributed by atoms with Crippen LogP contribution in [0.1, 0.15) is 28.5 Å². The smallest absolute Gasteiger partial charge is 0.270 e. The molecule has 6 nitrogen and oxygen atoms in total. The van der Waals surface area contributed by atoms with E-state index in [1.807, 2.05) is 34.7 Å². The van der Waals surface area contributed by atoms with Crippen molar-refractivity contribution in [3.8, 4) is 0 Å². The predicted octanol–water partition coefficient (Wildman–Crippen LogP) is 2.50. The molecule has 0 aliphatic carbocycles. The number of carbonyl (C=O) groups is 1. The van der Waals surface area contributed by atoms with Gasteiger partial charge in [0.15, 0.2) is 0 Å². The van der Waals surface area contributed by atoms with Gasteiger partial charge < -0.3 is 9.88 Å². The molecule has 7 heteroatoms. The van der Waals surface area contributed by atoms with Crippen molar-refractivity contribution >= 4 is 28.0 Å². The van der Waals surface area contributed by atoms with E-state index < -0.39 is 0 Å². The van der Waals surface area contributed by atoms with Gasteiger partial charge in [0, 0.05) is 43.1 Å². The van der Waals surface area contributed by atoms with Gasteiger partial charge >= 0.3 is 0 Å². The summed E-state index contributed by atoms with van der Waals surface area (Å²) >= 11 is 1.66. The summed E-state index contributed by atoms with van der Waals surface area (Å²) in [7, 11) is 0. The van der Waals surface area contributed by atoms with Crippen LogP contribution in [0.25, 0.3) is 10.8 Å². The van der Waals surface area contributed by atoms with Crippen molar-refractivity contribution in [3.05, 3.63) is 63.0 Å². The molecular weight excluding hydrogens is 348 g/mol. The summed E-state index contributed by atoms with van der Waals surface area (Å²) in [6.45, 7) is 5.03. The summed E-state index contributed by atoms with van der Waals surface area (Å²) < 4.78 is 0. The number of aromatic nitrogens is 2. The molecule has 1 aliphatic heterocycles. The third kappa shape index (κ3) is 3.15. The topological polar surface area (TPSA) is 69.3 Å². The Balaban J connectivity index is 1.48. The molecule has 1 N–H and O–H groups in total. The van der Waals surface area contributed by atoms with E-state index in [9.17, 15) is 9.59 Å². The maximum absolute atomic E-state index is 12.8. The zero-order chi connectivity index (χ0) is 18.1. The lowest BCUT2D eigenvalue weighted by Crippen LogP contribution is -2.49. The molecule has 1 aliphatic rings. The minimum absolute atomic E-state index is 0.116. The van der Waals surface area contributed by atoms with E-state index >= 15 is 0 Å². The van der Waals surface area contributed by atoms with Crippen LogP contribution >= 0.6 is 11.3 Å². The number of amides is 1. The highest BCUT2D eigenvalue weighted by Gasteiger charge is 2.26. The fourth-order valence-electron chi connectivity index (χ4n) is 3.41. The monoisotopic (exact) mass is 368 g/mol. The summed E-state index contributed by atoms with van der Waals surface area (Å²) in [6, 6.07) is 9.34. The average molecular weight is 368 g/mol. The number of hydrogen-bond donors (Lipinski definition) is 1. The number of hydrogen-bond acceptors (Lipinski definition) is 5. The molecular formula is C19H20N4O2S. The summed E-state index contributed by atoms with van der Waals surface area (Å²) in [4.78, 5) is 36.3.